The smallest absolute Gasteiger partial charge is 0.134 e. The zero-order chi connectivity index (χ0) is 13.2. The van der Waals surface area contributed by atoms with Crippen molar-refractivity contribution >= 4 is 0 Å². The lowest BCUT2D eigenvalue weighted by Gasteiger charge is -2.37. The van der Waals surface area contributed by atoms with E-state index in [4.69, 9.17) is 4.42 Å². The number of hydrogen-bond acceptors (Lipinski definition) is 3. The molecule has 3 unspecified atom stereocenters. The molecule has 98 valence electrons. The van der Waals surface area contributed by atoms with Crippen LogP contribution in [0.3, 0.4) is 0 Å². The highest BCUT2D eigenvalue weighted by Crippen LogP contribution is 2.47. The molecule has 1 heterocycles. The van der Waals surface area contributed by atoms with Crippen molar-refractivity contribution in [1.29, 1.82) is 5.26 Å². The molecule has 0 bridgehead atoms. The van der Waals surface area contributed by atoms with Gasteiger partial charge in [0.25, 0.3) is 0 Å². The summed E-state index contributed by atoms with van der Waals surface area (Å²) in [4.78, 5) is 0. The maximum atomic E-state index is 10.5. The molecule has 1 aliphatic carbocycles. The van der Waals surface area contributed by atoms with E-state index in [1.807, 2.05) is 19.1 Å². The Morgan fingerprint density at radius 2 is 2.39 bits per heavy atom. The van der Waals surface area contributed by atoms with Crippen molar-refractivity contribution in [3.8, 4) is 6.07 Å². The monoisotopic (exact) mass is 247 g/mol. The maximum absolute atomic E-state index is 10.5. The normalized spacial score (nSPS) is 29.8. The van der Waals surface area contributed by atoms with E-state index in [0.29, 0.717) is 11.7 Å². The van der Waals surface area contributed by atoms with E-state index in [1.54, 1.807) is 0 Å². The first-order valence-corrected chi connectivity index (χ1v) is 6.79. The van der Waals surface area contributed by atoms with Crippen molar-refractivity contribution in [2.45, 2.75) is 52.1 Å². The minimum absolute atomic E-state index is 0.494. The van der Waals surface area contributed by atoms with Gasteiger partial charge in [-0.3, -0.25) is 0 Å². The number of aryl methyl sites for hydroxylation is 1. The van der Waals surface area contributed by atoms with Crippen LogP contribution in [-0.4, -0.2) is 5.11 Å². The van der Waals surface area contributed by atoms with Crippen LogP contribution >= 0.6 is 0 Å². The molecule has 1 saturated carbocycles. The second-order valence-electron chi connectivity index (χ2n) is 5.53. The summed E-state index contributed by atoms with van der Waals surface area (Å²) in [6, 6.07) is 6.06. The van der Waals surface area contributed by atoms with Crippen molar-refractivity contribution in [1.82, 2.24) is 0 Å². The molecule has 2 rings (SSSR count). The minimum Gasteiger partial charge on any atom is -0.463 e. The Balaban J connectivity index is 2.24. The lowest BCUT2D eigenvalue weighted by atomic mass is 9.67. The Kier molecular flexibility index (Phi) is 3.77. The summed E-state index contributed by atoms with van der Waals surface area (Å²) in [6.45, 7) is 4.16. The molecule has 3 atom stereocenters. The lowest BCUT2D eigenvalue weighted by molar-refractivity contribution is 0.00672. The number of aliphatic hydroxyl groups excluding tert-OH is 1. The molecule has 1 aliphatic rings. The summed E-state index contributed by atoms with van der Waals surface area (Å²) in [7, 11) is 0. The summed E-state index contributed by atoms with van der Waals surface area (Å²) >= 11 is 0. The largest absolute Gasteiger partial charge is 0.463 e. The second kappa shape index (κ2) is 5.16. The van der Waals surface area contributed by atoms with Crippen LogP contribution in [0.25, 0.3) is 0 Å². The maximum Gasteiger partial charge on any atom is 0.134 e. The summed E-state index contributed by atoms with van der Waals surface area (Å²) < 4.78 is 5.61. The fourth-order valence-corrected chi connectivity index (χ4v) is 3.01. The van der Waals surface area contributed by atoms with Gasteiger partial charge in [0, 0.05) is 6.42 Å². The van der Waals surface area contributed by atoms with Gasteiger partial charge in [-0.2, -0.15) is 5.26 Å². The van der Waals surface area contributed by atoms with Gasteiger partial charge in [-0.15, -0.1) is 0 Å². The molecule has 1 N–H and O–H groups in total. The van der Waals surface area contributed by atoms with Gasteiger partial charge in [-0.25, -0.2) is 0 Å². The number of rotatable bonds is 3. The molecule has 0 aliphatic heterocycles. The summed E-state index contributed by atoms with van der Waals surface area (Å²) in [5, 5.41) is 20.0. The average molecular weight is 247 g/mol. The van der Waals surface area contributed by atoms with Crippen LogP contribution < -0.4 is 0 Å². The Labute approximate surface area is 108 Å². The fourth-order valence-electron chi connectivity index (χ4n) is 3.01. The third-order valence-corrected chi connectivity index (χ3v) is 4.08. The van der Waals surface area contributed by atoms with Gasteiger partial charge in [0.15, 0.2) is 0 Å². The summed E-state index contributed by atoms with van der Waals surface area (Å²) in [5.74, 6) is 1.90. The molecule has 1 fully saturated rings. The molecule has 0 amide bonds. The molecule has 1 aromatic rings. The molecule has 3 nitrogen and oxygen atoms in total. The Hall–Kier alpha value is -1.27. The Morgan fingerprint density at radius 3 is 2.94 bits per heavy atom. The van der Waals surface area contributed by atoms with Crippen molar-refractivity contribution in [2.24, 2.45) is 11.3 Å². The van der Waals surface area contributed by atoms with E-state index >= 15 is 0 Å². The topological polar surface area (TPSA) is 57.2 Å². The molecule has 3 heteroatoms. The summed E-state index contributed by atoms with van der Waals surface area (Å²) in [6.07, 6.45) is 3.68. The SMILES string of the molecule is CCc1ccc(C(O)C2(C#N)CCCC(C)C2)o1. The standard InChI is InChI=1S/C15H21NO2/c1-3-12-6-7-13(18-12)14(17)15(10-16)8-4-5-11(2)9-15/h6-7,11,14,17H,3-5,8-9H2,1-2H3. The Bertz CT molecular complexity index is 446. The van der Waals surface area contributed by atoms with E-state index in [-0.39, 0.29) is 0 Å². The quantitative estimate of drug-likeness (QED) is 0.887. The number of nitriles is 1. The van der Waals surface area contributed by atoms with Gasteiger partial charge < -0.3 is 9.52 Å². The van der Waals surface area contributed by atoms with E-state index < -0.39 is 11.5 Å². The molecule has 0 spiro atoms. The van der Waals surface area contributed by atoms with Crippen molar-refractivity contribution < 1.29 is 9.52 Å². The number of nitrogens with zero attached hydrogens (tertiary/aromatic N) is 1. The zero-order valence-corrected chi connectivity index (χ0v) is 11.1. The molecular formula is C15H21NO2. The third-order valence-electron chi connectivity index (χ3n) is 4.08. The zero-order valence-electron chi connectivity index (χ0n) is 11.1. The van der Waals surface area contributed by atoms with E-state index in [2.05, 4.69) is 13.0 Å². The predicted molar refractivity (Wildman–Crippen MR) is 68.7 cm³/mol. The fraction of sp³-hybridized carbons (Fsp3) is 0.667. The van der Waals surface area contributed by atoms with Crippen LogP contribution in [0.5, 0.6) is 0 Å². The molecule has 0 saturated heterocycles. The number of furan rings is 1. The molecule has 0 aromatic carbocycles. The first-order valence-electron chi connectivity index (χ1n) is 6.79. The third kappa shape index (κ3) is 2.30. The molecule has 0 radical (unpaired) electrons. The van der Waals surface area contributed by atoms with Crippen molar-refractivity contribution in [3.05, 3.63) is 23.7 Å². The van der Waals surface area contributed by atoms with Gasteiger partial charge in [0.05, 0.1) is 11.5 Å². The van der Waals surface area contributed by atoms with E-state index in [1.165, 1.54) is 0 Å². The minimum atomic E-state index is -0.800. The average Bonchev–Trinajstić information content (AvgIpc) is 2.86. The van der Waals surface area contributed by atoms with Crippen LogP contribution in [0, 0.1) is 22.7 Å². The van der Waals surface area contributed by atoms with Gasteiger partial charge in [0.1, 0.15) is 17.6 Å². The molecule has 18 heavy (non-hydrogen) atoms. The predicted octanol–water partition coefficient (Wildman–Crippen LogP) is 3.60. The van der Waals surface area contributed by atoms with Crippen LogP contribution in [0.2, 0.25) is 0 Å². The highest BCUT2D eigenvalue weighted by molar-refractivity contribution is 5.17. The first kappa shape index (κ1) is 13.2. The number of hydrogen-bond donors (Lipinski definition) is 1. The molecule has 1 aromatic heterocycles. The molecular weight excluding hydrogens is 226 g/mol. The van der Waals surface area contributed by atoms with Crippen LogP contribution in [0.1, 0.15) is 57.2 Å². The highest BCUT2D eigenvalue weighted by atomic mass is 16.4. The lowest BCUT2D eigenvalue weighted by Crippen LogP contribution is -2.32. The second-order valence-corrected chi connectivity index (χ2v) is 5.53. The summed E-state index contributed by atoms with van der Waals surface area (Å²) in [5.41, 5.74) is -0.666. The highest BCUT2D eigenvalue weighted by Gasteiger charge is 2.43. The number of aliphatic hydroxyl groups is 1. The van der Waals surface area contributed by atoms with Gasteiger partial charge in [-0.1, -0.05) is 26.7 Å². The van der Waals surface area contributed by atoms with Crippen molar-refractivity contribution in [3.63, 3.8) is 0 Å². The van der Waals surface area contributed by atoms with Crippen molar-refractivity contribution in [2.75, 3.05) is 0 Å². The van der Waals surface area contributed by atoms with E-state index in [0.717, 1.165) is 37.9 Å². The van der Waals surface area contributed by atoms with E-state index in [9.17, 15) is 10.4 Å². The van der Waals surface area contributed by atoms with Gasteiger partial charge in [0.2, 0.25) is 0 Å². The first-order chi connectivity index (χ1) is 8.61. The van der Waals surface area contributed by atoms with Crippen LogP contribution in [0.4, 0.5) is 0 Å². The van der Waals surface area contributed by atoms with Crippen LogP contribution in [0.15, 0.2) is 16.5 Å². The van der Waals surface area contributed by atoms with Gasteiger partial charge in [-0.05, 0) is 30.9 Å². The Morgan fingerprint density at radius 1 is 1.61 bits per heavy atom. The van der Waals surface area contributed by atoms with Crippen LogP contribution in [-0.2, 0) is 6.42 Å². The van der Waals surface area contributed by atoms with Gasteiger partial charge >= 0.3 is 0 Å².